The van der Waals surface area contributed by atoms with Crippen molar-refractivity contribution in [3.8, 4) is 0 Å². The standard InChI is InChI=1S/C18H29N3/c1-20(2)13-15-7-9-21(10-8-15)18(14-19)11-16-5-3-4-6-17(16)12-18/h3-6,15H,7-14,19H2,1-2H3. The van der Waals surface area contributed by atoms with Gasteiger partial charge in [0.05, 0.1) is 0 Å². The predicted octanol–water partition coefficient (Wildman–Crippen LogP) is 1.76. The van der Waals surface area contributed by atoms with E-state index in [0.29, 0.717) is 0 Å². The summed E-state index contributed by atoms with van der Waals surface area (Å²) in [6.07, 6.45) is 4.91. The van der Waals surface area contributed by atoms with Crippen molar-refractivity contribution in [2.45, 2.75) is 31.2 Å². The average molecular weight is 287 g/mol. The van der Waals surface area contributed by atoms with Crippen molar-refractivity contribution in [3.63, 3.8) is 0 Å². The Kier molecular flexibility index (Phi) is 4.34. The Morgan fingerprint density at radius 2 is 1.71 bits per heavy atom. The summed E-state index contributed by atoms with van der Waals surface area (Å²) in [5, 5.41) is 0. The Morgan fingerprint density at radius 3 is 2.19 bits per heavy atom. The highest BCUT2D eigenvalue weighted by Crippen LogP contribution is 2.36. The minimum Gasteiger partial charge on any atom is -0.329 e. The second-order valence-corrected chi connectivity index (χ2v) is 7.24. The lowest BCUT2D eigenvalue weighted by atomic mass is 9.88. The highest BCUT2D eigenvalue weighted by atomic mass is 15.2. The van der Waals surface area contributed by atoms with Crippen LogP contribution in [0.4, 0.5) is 0 Å². The Labute approximate surface area is 129 Å². The minimum atomic E-state index is 0.187. The Balaban J connectivity index is 1.67. The number of hydrogen-bond donors (Lipinski definition) is 1. The molecule has 1 aromatic carbocycles. The molecule has 1 aliphatic carbocycles. The smallest absolute Gasteiger partial charge is 0.0412 e. The van der Waals surface area contributed by atoms with Crippen molar-refractivity contribution in [2.24, 2.45) is 11.7 Å². The number of piperidine rings is 1. The zero-order valence-electron chi connectivity index (χ0n) is 13.5. The van der Waals surface area contributed by atoms with Crippen LogP contribution in [-0.4, -0.2) is 55.6 Å². The van der Waals surface area contributed by atoms with Crippen molar-refractivity contribution in [2.75, 3.05) is 40.3 Å². The van der Waals surface area contributed by atoms with Crippen LogP contribution in [0.25, 0.3) is 0 Å². The van der Waals surface area contributed by atoms with E-state index >= 15 is 0 Å². The van der Waals surface area contributed by atoms with Crippen LogP contribution in [0, 0.1) is 5.92 Å². The molecule has 3 rings (SSSR count). The number of nitrogens with zero attached hydrogens (tertiary/aromatic N) is 2. The fraction of sp³-hybridized carbons (Fsp3) is 0.667. The third kappa shape index (κ3) is 3.01. The summed E-state index contributed by atoms with van der Waals surface area (Å²) in [6.45, 7) is 4.43. The molecule has 0 amide bonds. The first-order chi connectivity index (χ1) is 10.1. The van der Waals surface area contributed by atoms with Crippen molar-refractivity contribution in [1.82, 2.24) is 9.80 Å². The van der Waals surface area contributed by atoms with Gasteiger partial charge in [-0.15, -0.1) is 0 Å². The maximum Gasteiger partial charge on any atom is 0.0412 e. The van der Waals surface area contributed by atoms with Gasteiger partial charge in [0.25, 0.3) is 0 Å². The minimum absolute atomic E-state index is 0.187. The maximum absolute atomic E-state index is 6.24. The van der Waals surface area contributed by atoms with Crippen LogP contribution in [0.2, 0.25) is 0 Å². The largest absolute Gasteiger partial charge is 0.329 e. The van der Waals surface area contributed by atoms with Gasteiger partial charge in [0, 0.05) is 18.6 Å². The molecule has 3 heteroatoms. The van der Waals surface area contributed by atoms with Crippen LogP contribution in [-0.2, 0) is 12.8 Å². The lowest BCUT2D eigenvalue weighted by Crippen LogP contribution is -2.57. The molecule has 21 heavy (non-hydrogen) atoms. The van der Waals surface area contributed by atoms with Crippen LogP contribution >= 0.6 is 0 Å². The van der Waals surface area contributed by atoms with E-state index < -0.39 is 0 Å². The molecule has 3 nitrogen and oxygen atoms in total. The summed E-state index contributed by atoms with van der Waals surface area (Å²) >= 11 is 0. The van der Waals surface area contributed by atoms with Gasteiger partial charge in [-0.1, -0.05) is 24.3 Å². The second-order valence-electron chi connectivity index (χ2n) is 7.24. The normalized spacial score (nSPS) is 22.7. The molecule has 1 heterocycles. The molecule has 0 radical (unpaired) electrons. The van der Waals surface area contributed by atoms with Crippen LogP contribution in [0.1, 0.15) is 24.0 Å². The van der Waals surface area contributed by atoms with Gasteiger partial charge in [-0.2, -0.15) is 0 Å². The fourth-order valence-electron chi connectivity index (χ4n) is 4.28. The molecule has 1 aliphatic heterocycles. The fourth-order valence-corrected chi connectivity index (χ4v) is 4.28. The van der Waals surface area contributed by atoms with Crippen molar-refractivity contribution < 1.29 is 0 Å². The van der Waals surface area contributed by atoms with E-state index in [2.05, 4.69) is 48.2 Å². The van der Waals surface area contributed by atoms with Gasteiger partial charge in [-0.05, 0) is 69.9 Å². The predicted molar refractivity (Wildman–Crippen MR) is 88.5 cm³/mol. The molecule has 2 N–H and O–H groups in total. The molecule has 116 valence electrons. The molecular formula is C18H29N3. The zero-order valence-corrected chi connectivity index (χ0v) is 13.5. The molecule has 1 aromatic rings. The van der Waals surface area contributed by atoms with E-state index in [-0.39, 0.29) is 5.54 Å². The van der Waals surface area contributed by atoms with E-state index in [0.717, 1.165) is 25.3 Å². The third-order valence-electron chi connectivity index (χ3n) is 5.45. The Hall–Kier alpha value is -0.900. The number of likely N-dealkylation sites (tertiary alicyclic amines) is 1. The first kappa shape index (κ1) is 15.0. The van der Waals surface area contributed by atoms with Crippen LogP contribution in [0.3, 0.4) is 0 Å². The van der Waals surface area contributed by atoms with E-state index in [1.807, 2.05) is 0 Å². The van der Waals surface area contributed by atoms with Gasteiger partial charge < -0.3 is 10.6 Å². The topological polar surface area (TPSA) is 32.5 Å². The van der Waals surface area contributed by atoms with Gasteiger partial charge in [0.2, 0.25) is 0 Å². The first-order valence-electron chi connectivity index (χ1n) is 8.29. The summed E-state index contributed by atoms with van der Waals surface area (Å²) in [7, 11) is 4.36. The van der Waals surface area contributed by atoms with Crippen LogP contribution < -0.4 is 5.73 Å². The summed E-state index contributed by atoms with van der Waals surface area (Å²) in [5.41, 5.74) is 9.46. The quantitative estimate of drug-likeness (QED) is 0.916. The summed E-state index contributed by atoms with van der Waals surface area (Å²) in [5.74, 6) is 0.856. The second kappa shape index (κ2) is 6.07. The van der Waals surface area contributed by atoms with Crippen molar-refractivity contribution >= 4 is 0 Å². The van der Waals surface area contributed by atoms with E-state index in [1.54, 1.807) is 0 Å². The molecule has 1 saturated heterocycles. The van der Waals surface area contributed by atoms with Gasteiger partial charge in [-0.3, -0.25) is 4.90 Å². The third-order valence-corrected chi connectivity index (χ3v) is 5.45. The number of nitrogens with two attached hydrogens (primary N) is 1. The van der Waals surface area contributed by atoms with Crippen molar-refractivity contribution in [3.05, 3.63) is 35.4 Å². The Bertz CT molecular complexity index is 450. The molecule has 0 unspecified atom stereocenters. The highest BCUT2D eigenvalue weighted by molar-refractivity contribution is 5.36. The van der Waals surface area contributed by atoms with Gasteiger partial charge in [0.1, 0.15) is 0 Å². The van der Waals surface area contributed by atoms with Gasteiger partial charge in [0.15, 0.2) is 0 Å². The summed E-state index contributed by atoms with van der Waals surface area (Å²) in [4.78, 5) is 5.02. The monoisotopic (exact) mass is 287 g/mol. The first-order valence-corrected chi connectivity index (χ1v) is 8.29. The molecule has 0 aromatic heterocycles. The van der Waals surface area contributed by atoms with E-state index in [9.17, 15) is 0 Å². The molecular weight excluding hydrogens is 258 g/mol. The molecule has 0 saturated carbocycles. The molecule has 0 bridgehead atoms. The lowest BCUT2D eigenvalue weighted by molar-refractivity contribution is 0.0561. The SMILES string of the molecule is CN(C)CC1CCN(C2(CN)Cc3ccccc3C2)CC1. The van der Waals surface area contributed by atoms with E-state index in [1.165, 1.54) is 43.6 Å². The maximum atomic E-state index is 6.24. The highest BCUT2D eigenvalue weighted by Gasteiger charge is 2.42. The average Bonchev–Trinajstić information content (AvgIpc) is 2.87. The number of benzene rings is 1. The number of fused-ring (bicyclic) bond motifs is 1. The molecule has 0 spiro atoms. The summed E-state index contributed by atoms with van der Waals surface area (Å²) < 4.78 is 0. The zero-order chi connectivity index (χ0) is 14.9. The van der Waals surface area contributed by atoms with Gasteiger partial charge >= 0.3 is 0 Å². The lowest BCUT2D eigenvalue weighted by Gasteiger charge is -2.45. The Morgan fingerprint density at radius 1 is 1.14 bits per heavy atom. The molecule has 2 aliphatic rings. The van der Waals surface area contributed by atoms with E-state index in [4.69, 9.17) is 5.73 Å². The van der Waals surface area contributed by atoms with Crippen molar-refractivity contribution in [1.29, 1.82) is 0 Å². The van der Waals surface area contributed by atoms with Gasteiger partial charge in [-0.25, -0.2) is 0 Å². The molecule has 1 fully saturated rings. The number of hydrogen-bond acceptors (Lipinski definition) is 3. The number of rotatable bonds is 4. The summed E-state index contributed by atoms with van der Waals surface area (Å²) in [6, 6.07) is 8.89. The van der Waals surface area contributed by atoms with Crippen LogP contribution in [0.15, 0.2) is 24.3 Å². The van der Waals surface area contributed by atoms with Crippen LogP contribution in [0.5, 0.6) is 0 Å². The molecule has 0 atom stereocenters.